The van der Waals surface area contributed by atoms with Crippen LogP contribution in [0.4, 0.5) is 25.8 Å². The summed E-state index contributed by atoms with van der Waals surface area (Å²) < 4.78 is 36.7. The Hall–Kier alpha value is -5.24. The number of hydrogen-bond acceptors (Lipinski definition) is 9. The molecule has 1 spiro atoms. The monoisotopic (exact) mass is 796 g/mol. The van der Waals surface area contributed by atoms with Gasteiger partial charge in [0.25, 0.3) is 5.91 Å². The molecule has 0 radical (unpaired) electrons. The van der Waals surface area contributed by atoms with Gasteiger partial charge in [-0.3, -0.25) is 34.3 Å². The van der Waals surface area contributed by atoms with Gasteiger partial charge in [-0.1, -0.05) is 25.3 Å². The highest BCUT2D eigenvalue weighted by Gasteiger charge is 2.62. The number of piperidine rings is 2. The van der Waals surface area contributed by atoms with Crippen molar-refractivity contribution in [2.24, 2.45) is 11.3 Å². The van der Waals surface area contributed by atoms with E-state index in [0.29, 0.717) is 67.4 Å². The number of carbonyl (C=O) groups is 4. The molecule has 5 aliphatic heterocycles. The molecule has 0 unspecified atom stereocenters. The minimum Gasteiger partial charge on any atom is -0.503 e. The summed E-state index contributed by atoms with van der Waals surface area (Å²) in [5.74, 6) is -1.90. The van der Waals surface area contributed by atoms with Crippen LogP contribution in [-0.4, -0.2) is 97.5 Å². The van der Waals surface area contributed by atoms with Crippen LogP contribution in [0.1, 0.15) is 85.3 Å². The van der Waals surface area contributed by atoms with E-state index >= 15 is 4.39 Å². The van der Waals surface area contributed by atoms with Gasteiger partial charge in [-0.15, -0.1) is 0 Å². The molecule has 6 aliphatic rings. The number of benzene rings is 3. The minimum atomic E-state index is -0.815. The fourth-order valence-electron chi connectivity index (χ4n) is 10.6. The van der Waals surface area contributed by atoms with Crippen molar-refractivity contribution >= 4 is 40.7 Å². The average Bonchev–Trinajstić information content (AvgIpc) is 3.56. The molecule has 3 aromatic carbocycles. The average molecular weight is 797 g/mol. The van der Waals surface area contributed by atoms with Gasteiger partial charge in [0, 0.05) is 81.7 Å². The maximum atomic E-state index is 16.3. The Morgan fingerprint density at radius 3 is 2.33 bits per heavy atom. The van der Waals surface area contributed by atoms with E-state index in [-0.39, 0.29) is 29.8 Å². The van der Waals surface area contributed by atoms with Crippen molar-refractivity contribution < 1.29 is 37.8 Å². The van der Waals surface area contributed by atoms with Crippen LogP contribution >= 0.6 is 0 Å². The summed E-state index contributed by atoms with van der Waals surface area (Å²) >= 11 is 0. The number of nitrogens with one attached hydrogen (secondary N) is 1. The molecular weight excluding hydrogens is 747 g/mol. The Bertz CT molecular complexity index is 2140. The first-order valence-corrected chi connectivity index (χ1v) is 20.7. The first-order chi connectivity index (χ1) is 28.1. The van der Waals surface area contributed by atoms with Crippen LogP contribution in [-0.2, 0) is 20.9 Å². The highest BCUT2D eigenvalue weighted by Crippen LogP contribution is 2.62. The number of rotatable bonds is 8. The van der Waals surface area contributed by atoms with Crippen LogP contribution in [0.25, 0.3) is 0 Å². The minimum absolute atomic E-state index is 0.0854. The van der Waals surface area contributed by atoms with Crippen molar-refractivity contribution in [3.05, 3.63) is 76.9 Å². The quantitative estimate of drug-likeness (QED) is 0.224. The molecule has 0 bridgehead atoms. The number of imide groups is 1. The number of nitrogens with zero attached hydrogens (tertiary/aromatic N) is 5. The van der Waals surface area contributed by atoms with Crippen molar-refractivity contribution in [2.45, 2.75) is 76.4 Å². The molecule has 5 heterocycles. The van der Waals surface area contributed by atoms with Gasteiger partial charge in [0.15, 0.2) is 11.6 Å². The Morgan fingerprint density at radius 2 is 1.60 bits per heavy atom. The summed E-state index contributed by atoms with van der Waals surface area (Å²) in [5.41, 5.74) is 2.91. The molecule has 9 rings (SSSR count). The van der Waals surface area contributed by atoms with E-state index in [1.165, 1.54) is 23.1 Å². The Labute approximate surface area is 336 Å². The lowest BCUT2D eigenvalue weighted by Crippen LogP contribution is -2.64. The number of aromatic hydroxyl groups is 1. The maximum absolute atomic E-state index is 16.3. The van der Waals surface area contributed by atoms with Crippen LogP contribution in [0.5, 0.6) is 11.5 Å². The Morgan fingerprint density at radius 1 is 0.845 bits per heavy atom. The molecule has 1 aliphatic carbocycles. The van der Waals surface area contributed by atoms with Gasteiger partial charge in [0.05, 0.1) is 29.9 Å². The number of fused-ring (bicyclic) bond motifs is 1. The van der Waals surface area contributed by atoms with E-state index < -0.39 is 40.8 Å². The summed E-state index contributed by atoms with van der Waals surface area (Å²) in [6.45, 7) is 6.23. The molecule has 2 atom stereocenters. The number of anilines is 3. The number of phenolic OH excluding ortho intramolecular Hbond substituents is 1. The molecule has 1 saturated carbocycles. The second kappa shape index (κ2) is 15.2. The molecule has 306 valence electrons. The van der Waals surface area contributed by atoms with Gasteiger partial charge in [-0.05, 0) is 80.0 Å². The molecule has 4 amide bonds. The lowest BCUT2D eigenvalue weighted by Gasteiger charge is -2.58. The van der Waals surface area contributed by atoms with Gasteiger partial charge < -0.3 is 24.5 Å². The Kier molecular flexibility index (Phi) is 10.0. The number of carbonyl (C=O) groups excluding carboxylic acids is 4. The predicted molar refractivity (Wildman–Crippen MR) is 213 cm³/mol. The van der Waals surface area contributed by atoms with Crippen molar-refractivity contribution in [2.75, 3.05) is 67.6 Å². The Balaban J connectivity index is 0.820. The first kappa shape index (κ1) is 38.3. The highest BCUT2D eigenvalue weighted by atomic mass is 19.1. The normalized spacial score (nSPS) is 24.0. The summed E-state index contributed by atoms with van der Waals surface area (Å²) in [5, 5.41) is 13.0. The molecule has 12 nitrogen and oxygen atoms in total. The van der Waals surface area contributed by atoms with E-state index in [4.69, 9.17) is 4.74 Å². The van der Waals surface area contributed by atoms with Crippen LogP contribution < -0.4 is 24.8 Å². The van der Waals surface area contributed by atoms with Crippen molar-refractivity contribution in [1.29, 1.82) is 0 Å². The third kappa shape index (κ3) is 6.53. The number of piperazine rings is 1. The van der Waals surface area contributed by atoms with Crippen LogP contribution in [0.15, 0.2) is 48.5 Å². The van der Waals surface area contributed by atoms with E-state index in [1.807, 2.05) is 12.1 Å². The molecule has 2 N–H and O–H groups in total. The fraction of sp³-hybridized carbons (Fsp3) is 0.500. The van der Waals surface area contributed by atoms with Gasteiger partial charge >= 0.3 is 0 Å². The third-order valence-corrected chi connectivity index (χ3v) is 13.7. The standard InChI is InChI=1S/C44H50F2N6O6/c1-58-37-24-36(33(46)23-31(37)40-44(14-3-2-4-15-44)43(57)52(40)34-7-5-6-32(45)39(34)54)50-16-12-27(13-17-50)25-48-18-20-49(21-19-48)29-8-9-30-28(22-29)26-51(42(30)56)35-10-11-38(53)47-41(35)55/h5-9,22-24,27,35,40,54H,2-4,10-21,25-26H2,1H3,(H,47,53,55)/t35-,40-/m0/s1. The first-order valence-electron chi connectivity index (χ1n) is 20.7. The number of phenols is 1. The smallest absolute Gasteiger partial charge is 0.255 e. The van der Waals surface area contributed by atoms with Crippen LogP contribution in [0, 0.1) is 23.0 Å². The van der Waals surface area contributed by atoms with Crippen molar-refractivity contribution in [1.82, 2.24) is 15.1 Å². The summed E-state index contributed by atoms with van der Waals surface area (Å²) in [6.07, 6.45) is 6.43. The summed E-state index contributed by atoms with van der Waals surface area (Å²) in [6, 6.07) is 12.1. The van der Waals surface area contributed by atoms with E-state index in [9.17, 15) is 28.7 Å². The zero-order chi connectivity index (χ0) is 40.3. The second-order valence-electron chi connectivity index (χ2n) is 16.9. The van der Waals surface area contributed by atoms with Gasteiger partial charge in [-0.2, -0.15) is 0 Å². The van der Waals surface area contributed by atoms with E-state index in [1.54, 1.807) is 18.1 Å². The summed E-state index contributed by atoms with van der Waals surface area (Å²) in [4.78, 5) is 61.1. The van der Waals surface area contributed by atoms with E-state index in [0.717, 1.165) is 82.1 Å². The molecule has 4 saturated heterocycles. The number of methoxy groups -OCH3 is 1. The SMILES string of the molecule is COc1cc(N2CCC(CN3CCN(c4ccc5c(c4)CN([C@H]4CCC(=O)NC4=O)C5=O)CC3)CC2)c(F)cc1[C@@H]1N(c2cccc(F)c2O)C(=O)C12CCCCC2. The van der Waals surface area contributed by atoms with E-state index in [2.05, 4.69) is 26.1 Å². The number of β-lactam (4-membered cyclic amide) rings is 1. The van der Waals surface area contributed by atoms with Gasteiger partial charge in [0.2, 0.25) is 17.7 Å². The van der Waals surface area contributed by atoms with Crippen molar-refractivity contribution in [3.8, 4) is 11.5 Å². The zero-order valence-corrected chi connectivity index (χ0v) is 32.9. The highest BCUT2D eigenvalue weighted by molar-refractivity contribution is 6.08. The lowest BCUT2D eigenvalue weighted by atomic mass is 9.60. The molecule has 0 aromatic heterocycles. The molecular formula is C44H50F2N6O6. The number of hydrogen-bond donors (Lipinski definition) is 2. The largest absolute Gasteiger partial charge is 0.503 e. The van der Waals surface area contributed by atoms with Crippen molar-refractivity contribution in [3.63, 3.8) is 0 Å². The number of para-hydroxylation sites is 1. The summed E-state index contributed by atoms with van der Waals surface area (Å²) in [7, 11) is 1.55. The molecule has 14 heteroatoms. The number of halogens is 2. The molecule has 3 aromatic rings. The lowest BCUT2D eigenvalue weighted by molar-refractivity contribution is -0.143. The topological polar surface area (TPSA) is 126 Å². The molecule has 58 heavy (non-hydrogen) atoms. The third-order valence-electron chi connectivity index (χ3n) is 13.7. The number of amides is 4. The van der Waals surface area contributed by atoms with Crippen LogP contribution in [0.2, 0.25) is 0 Å². The number of ether oxygens (including phenoxy) is 1. The maximum Gasteiger partial charge on any atom is 0.255 e. The second-order valence-corrected chi connectivity index (χ2v) is 16.9. The van der Waals surface area contributed by atoms with Gasteiger partial charge in [-0.25, -0.2) is 8.78 Å². The fourth-order valence-corrected chi connectivity index (χ4v) is 10.6. The zero-order valence-electron chi connectivity index (χ0n) is 32.9. The van der Waals surface area contributed by atoms with Crippen LogP contribution in [0.3, 0.4) is 0 Å². The van der Waals surface area contributed by atoms with Gasteiger partial charge in [0.1, 0.15) is 17.6 Å². The predicted octanol–water partition coefficient (Wildman–Crippen LogP) is 5.52. The molecule has 5 fully saturated rings.